The van der Waals surface area contributed by atoms with E-state index in [1.165, 1.54) is 0 Å². The Hall–Kier alpha value is -0.530. The van der Waals surface area contributed by atoms with Crippen molar-refractivity contribution in [2.75, 3.05) is 0 Å². The summed E-state index contributed by atoms with van der Waals surface area (Å²) in [4.78, 5) is 0. The van der Waals surface area contributed by atoms with E-state index in [1.807, 2.05) is 38.1 Å². The zero-order chi connectivity index (χ0) is 9.90. The Kier molecular flexibility index (Phi) is 3.34. The van der Waals surface area contributed by atoms with E-state index in [9.17, 15) is 5.11 Å². The quantitative estimate of drug-likeness (QED) is 0.792. The molecule has 13 heavy (non-hydrogen) atoms. The van der Waals surface area contributed by atoms with Gasteiger partial charge in [0, 0.05) is 11.4 Å². The topological polar surface area (TPSA) is 20.2 Å². The van der Waals surface area contributed by atoms with Crippen molar-refractivity contribution in [3.63, 3.8) is 0 Å². The summed E-state index contributed by atoms with van der Waals surface area (Å²) in [5.74, 6) is 0. The first kappa shape index (κ1) is 10.6. The predicted molar refractivity (Wildman–Crippen MR) is 56.1 cm³/mol. The van der Waals surface area contributed by atoms with Crippen molar-refractivity contribution in [2.24, 2.45) is 0 Å². The fourth-order valence-electron chi connectivity index (χ4n) is 1.18. The molecule has 0 bridgehead atoms. The van der Waals surface area contributed by atoms with Crippen LogP contribution in [0.15, 0.2) is 24.3 Å². The van der Waals surface area contributed by atoms with Gasteiger partial charge in [0.05, 0.1) is 5.60 Å². The molecule has 0 amide bonds. The molecule has 0 spiro atoms. The van der Waals surface area contributed by atoms with Crippen molar-refractivity contribution >= 4 is 11.6 Å². The molecule has 0 fully saturated rings. The van der Waals surface area contributed by atoms with Gasteiger partial charge in [-0.1, -0.05) is 36.7 Å². The molecule has 0 heterocycles. The van der Waals surface area contributed by atoms with Crippen molar-refractivity contribution in [3.05, 3.63) is 34.9 Å². The molecule has 0 aliphatic rings. The van der Waals surface area contributed by atoms with Gasteiger partial charge in [0.25, 0.3) is 0 Å². The van der Waals surface area contributed by atoms with E-state index in [2.05, 4.69) is 0 Å². The van der Waals surface area contributed by atoms with Crippen molar-refractivity contribution < 1.29 is 5.11 Å². The number of halogens is 1. The van der Waals surface area contributed by atoms with Gasteiger partial charge in [-0.15, -0.1) is 0 Å². The molecule has 0 unspecified atom stereocenters. The minimum atomic E-state index is -0.648. The Balaban J connectivity index is 2.80. The van der Waals surface area contributed by atoms with E-state index in [1.54, 1.807) is 0 Å². The average Bonchev–Trinajstić information content (AvgIpc) is 2.09. The Morgan fingerprint density at radius 2 is 2.00 bits per heavy atom. The van der Waals surface area contributed by atoms with Gasteiger partial charge in [-0.25, -0.2) is 0 Å². The standard InChI is InChI=1S/C11H15ClO/c1-3-11(2,13)8-9-6-4-5-7-10(9)12/h4-7,13H,3,8H2,1-2H3/t11-/m0/s1. The van der Waals surface area contributed by atoms with Crippen LogP contribution < -0.4 is 0 Å². The van der Waals surface area contributed by atoms with Crippen LogP contribution in [-0.2, 0) is 6.42 Å². The molecule has 0 aliphatic heterocycles. The molecule has 0 radical (unpaired) electrons. The van der Waals surface area contributed by atoms with E-state index in [0.717, 1.165) is 17.0 Å². The van der Waals surface area contributed by atoms with Gasteiger partial charge in [-0.2, -0.15) is 0 Å². The summed E-state index contributed by atoms with van der Waals surface area (Å²) < 4.78 is 0. The lowest BCUT2D eigenvalue weighted by molar-refractivity contribution is 0.0565. The van der Waals surface area contributed by atoms with Gasteiger partial charge in [-0.05, 0) is 25.0 Å². The fraction of sp³-hybridized carbons (Fsp3) is 0.455. The molecule has 72 valence electrons. The maximum absolute atomic E-state index is 9.84. The SMILES string of the molecule is CC[C@](C)(O)Cc1ccccc1Cl. The number of benzene rings is 1. The monoisotopic (exact) mass is 198 g/mol. The number of hydrogen-bond donors (Lipinski definition) is 1. The minimum absolute atomic E-state index is 0.614. The van der Waals surface area contributed by atoms with Crippen molar-refractivity contribution in [3.8, 4) is 0 Å². The molecular weight excluding hydrogens is 184 g/mol. The molecule has 0 aromatic heterocycles. The molecule has 0 saturated carbocycles. The van der Waals surface area contributed by atoms with E-state index in [4.69, 9.17) is 11.6 Å². The highest BCUT2D eigenvalue weighted by atomic mass is 35.5. The summed E-state index contributed by atoms with van der Waals surface area (Å²) in [5.41, 5.74) is 0.362. The maximum Gasteiger partial charge on any atom is 0.0657 e. The molecule has 1 aromatic rings. The van der Waals surface area contributed by atoms with Gasteiger partial charge in [0.15, 0.2) is 0 Å². The van der Waals surface area contributed by atoms with Gasteiger partial charge in [0.2, 0.25) is 0 Å². The second-order valence-corrected chi connectivity index (χ2v) is 4.03. The van der Waals surface area contributed by atoms with Crippen LogP contribution in [0.4, 0.5) is 0 Å². The second kappa shape index (κ2) is 4.12. The van der Waals surface area contributed by atoms with Crippen LogP contribution in [0, 0.1) is 0 Å². The third kappa shape index (κ3) is 3.02. The lowest BCUT2D eigenvalue weighted by Crippen LogP contribution is -2.25. The summed E-state index contributed by atoms with van der Waals surface area (Å²) >= 11 is 5.98. The van der Waals surface area contributed by atoms with Crippen molar-refractivity contribution in [1.29, 1.82) is 0 Å². The van der Waals surface area contributed by atoms with E-state index < -0.39 is 5.60 Å². The first-order valence-electron chi connectivity index (χ1n) is 4.51. The van der Waals surface area contributed by atoms with Gasteiger partial charge >= 0.3 is 0 Å². The highest BCUT2D eigenvalue weighted by molar-refractivity contribution is 6.31. The minimum Gasteiger partial charge on any atom is -0.390 e. The Morgan fingerprint density at radius 1 is 1.38 bits per heavy atom. The molecule has 0 saturated heterocycles. The summed E-state index contributed by atoms with van der Waals surface area (Å²) in [6.45, 7) is 3.80. The van der Waals surface area contributed by atoms with Crippen LogP contribution >= 0.6 is 11.6 Å². The fourth-order valence-corrected chi connectivity index (χ4v) is 1.38. The Labute approximate surface area is 84.4 Å². The second-order valence-electron chi connectivity index (χ2n) is 3.62. The van der Waals surface area contributed by atoms with Crippen LogP contribution in [0.1, 0.15) is 25.8 Å². The molecular formula is C11H15ClO. The highest BCUT2D eigenvalue weighted by Crippen LogP contribution is 2.22. The lowest BCUT2D eigenvalue weighted by Gasteiger charge is -2.21. The molecule has 1 N–H and O–H groups in total. The van der Waals surface area contributed by atoms with Crippen molar-refractivity contribution in [2.45, 2.75) is 32.3 Å². The number of aliphatic hydroxyl groups is 1. The van der Waals surface area contributed by atoms with Gasteiger partial charge < -0.3 is 5.11 Å². The van der Waals surface area contributed by atoms with E-state index in [-0.39, 0.29) is 0 Å². The summed E-state index contributed by atoms with van der Waals surface area (Å²) in [6.07, 6.45) is 1.35. The third-order valence-corrected chi connectivity index (χ3v) is 2.66. The van der Waals surface area contributed by atoms with Crippen LogP contribution in [0.3, 0.4) is 0 Å². The van der Waals surface area contributed by atoms with E-state index in [0.29, 0.717) is 6.42 Å². The predicted octanol–water partition coefficient (Wildman–Crippen LogP) is 3.04. The van der Waals surface area contributed by atoms with Crippen LogP contribution in [0.5, 0.6) is 0 Å². The Bertz CT molecular complexity index is 281. The molecule has 1 nitrogen and oxygen atoms in total. The first-order chi connectivity index (χ1) is 6.05. The molecule has 1 aromatic carbocycles. The largest absolute Gasteiger partial charge is 0.390 e. The average molecular weight is 199 g/mol. The maximum atomic E-state index is 9.84. The van der Waals surface area contributed by atoms with Crippen LogP contribution in [-0.4, -0.2) is 10.7 Å². The molecule has 2 heteroatoms. The molecule has 1 atom stereocenters. The van der Waals surface area contributed by atoms with Gasteiger partial charge in [-0.3, -0.25) is 0 Å². The molecule has 1 rings (SSSR count). The lowest BCUT2D eigenvalue weighted by atomic mass is 9.94. The van der Waals surface area contributed by atoms with Crippen LogP contribution in [0.2, 0.25) is 5.02 Å². The summed E-state index contributed by atoms with van der Waals surface area (Å²) in [7, 11) is 0. The molecule has 0 aliphatic carbocycles. The smallest absolute Gasteiger partial charge is 0.0657 e. The third-order valence-electron chi connectivity index (χ3n) is 2.29. The highest BCUT2D eigenvalue weighted by Gasteiger charge is 2.18. The number of hydrogen-bond acceptors (Lipinski definition) is 1. The van der Waals surface area contributed by atoms with Crippen LogP contribution in [0.25, 0.3) is 0 Å². The first-order valence-corrected chi connectivity index (χ1v) is 4.89. The normalized spacial score (nSPS) is 15.4. The Morgan fingerprint density at radius 3 is 2.54 bits per heavy atom. The van der Waals surface area contributed by atoms with E-state index >= 15 is 0 Å². The zero-order valence-electron chi connectivity index (χ0n) is 8.05. The summed E-state index contributed by atoms with van der Waals surface area (Å²) in [6, 6.07) is 7.63. The van der Waals surface area contributed by atoms with Gasteiger partial charge in [0.1, 0.15) is 0 Å². The number of rotatable bonds is 3. The van der Waals surface area contributed by atoms with Crippen molar-refractivity contribution in [1.82, 2.24) is 0 Å². The summed E-state index contributed by atoms with van der Waals surface area (Å²) in [5, 5.41) is 10.6. The zero-order valence-corrected chi connectivity index (χ0v) is 8.80.